The van der Waals surface area contributed by atoms with Gasteiger partial charge >= 0.3 is 0 Å². The molecule has 0 aliphatic rings. The Labute approximate surface area is 115 Å². The van der Waals surface area contributed by atoms with Crippen molar-refractivity contribution in [3.8, 4) is 0 Å². The van der Waals surface area contributed by atoms with Crippen LogP contribution in [0.5, 0.6) is 0 Å². The van der Waals surface area contributed by atoms with Gasteiger partial charge in [-0.25, -0.2) is 4.98 Å². The molecule has 2 aromatic heterocycles. The van der Waals surface area contributed by atoms with Gasteiger partial charge in [0.2, 0.25) is 5.89 Å². The third-order valence-corrected chi connectivity index (χ3v) is 3.60. The molecule has 0 spiro atoms. The zero-order chi connectivity index (χ0) is 13.2. The molecule has 0 saturated carbocycles. The minimum Gasteiger partial charge on any atom is -0.338 e. The van der Waals surface area contributed by atoms with Crippen molar-refractivity contribution in [3.63, 3.8) is 0 Å². The zero-order valence-electron chi connectivity index (χ0n) is 10.5. The first-order valence-electron chi connectivity index (χ1n) is 5.53. The Kier molecular flexibility index (Phi) is 3.92. The van der Waals surface area contributed by atoms with E-state index in [4.69, 9.17) is 16.1 Å². The SMILES string of the molecule is CC(C)(C)c1noc(CSc2ncccc2Cl)n1. The highest BCUT2D eigenvalue weighted by Crippen LogP contribution is 2.27. The average molecular weight is 284 g/mol. The van der Waals surface area contributed by atoms with Crippen LogP contribution >= 0.6 is 23.4 Å². The quantitative estimate of drug-likeness (QED) is 0.804. The minimum absolute atomic E-state index is 0.102. The first-order chi connectivity index (χ1) is 8.47. The third kappa shape index (κ3) is 3.23. The van der Waals surface area contributed by atoms with Crippen LogP contribution in [0.25, 0.3) is 0 Å². The molecule has 0 fully saturated rings. The topological polar surface area (TPSA) is 51.8 Å². The number of hydrogen-bond acceptors (Lipinski definition) is 5. The van der Waals surface area contributed by atoms with E-state index in [1.807, 2.05) is 26.8 Å². The van der Waals surface area contributed by atoms with Gasteiger partial charge in [-0.05, 0) is 12.1 Å². The second-order valence-electron chi connectivity index (χ2n) is 4.84. The molecule has 0 bridgehead atoms. The summed E-state index contributed by atoms with van der Waals surface area (Å²) in [6.45, 7) is 6.14. The highest BCUT2D eigenvalue weighted by molar-refractivity contribution is 7.98. The van der Waals surface area contributed by atoms with Crippen LogP contribution in [-0.2, 0) is 11.2 Å². The van der Waals surface area contributed by atoms with Gasteiger partial charge in [0.15, 0.2) is 5.82 Å². The van der Waals surface area contributed by atoms with E-state index in [2.05, 4.69) is 15.1 Å². The second-order valence-corrected chi connectivity index (χ2v) is 6.21. The van der Waals surface area contributed by atoms with Gasteiger partial charge in [0.25, 0.3) is 0 Å². The van der Waals surface area contributed by atoms with Crippen LogP contribution < -0.4 is 0 Å². The van der Waals surface area contributed by atoms with Crippen LogP contribution in [0.15, 0.2) is 27.9 Å². The van der Waals surface area contributed by atoms with Crippen LogP contribution in [0.1, 0.15) is 32.5 Å². The lowest BCUT2D eigenvalue weighted by atomic mass is 9.96. The summed E-state index contributed by atoms with van der Waals surface area (Å²) < 4.78 is 5.20. The number of rotatable bonds is 3. The molecule has 0 unspecified atom stereocenters. The Hall–Kier alpha value is -1.07. The van der Waals surface area contributed by atoms with E-state index in [0.717, 1.165) is 5.03 Å². The van der Waals surface area contributed by atoms with Crippen molar-refractivity contribution in [2.75, 3.05) is 0 Å². The van der Waals surface area contributed by atoms with E-state index >= 15 is 0 Å². The maximum absolute atomic E-state index is 6.02. The smallest absolute Gasteiger partial charge is 0.237 e. The Balaban J connectivity index is 2.03. The van der Waals surface area contributed by atoms with Crippen LogP contribution in [-0.4, -0.2) is 15.1 Å². The molecule has 2 aromatic rings. The standard InChI is InChI=1S/C12H14ClN3OS/c1-12(2,3)11-15-9(17-16-11)7-18-10-8(13)5-4-6-14-10/h4-6H,7H2,1-3H3. The van der Waals surface area contributed by atoms with Gasteiger partial charge in [-0.2, -0.15) is 4.98 Å². The lowest BCUT2D eigenvalue weighted by molar-refractivity contribution is 0.373. The molecule has 0 aromatic carbocycles. The molecule has 0 aliphatic heterocycles. The maximum atomic E-state index is 6.02. The van der Waals surface area contributed by atoms with Crippen molar-refractivity contribution in [1.29, 1.82) is 0 Å². The van der Waals surface area contributed by atoms with E-state index in [1.165, 1.54) is 11.8 Å². The zero-order valence-corrected chi connectivity index (χ0v) is 12.0. The van der Waals surface area contributed by atoms with Gasteiger partial charge < -0.3 is 4.52 Å². The highest BCUT2D eigenvalue weighted by Gasteiger charge is 2.21. The molecule has 2 heterocycles. The van der Waals surface area contributed by atoms with Gasteiger partial charge in [0.05, 0.1) is 10.8 Å². The predicted octanol–water partition coefficient (Wildman–Crippen LogP) is 3.71. The Morgan fingerprint density at radius 1 is 1.39 bits per heavy atom. The number of halogens is 1. The molecule has 0 radical (unpaired) electrons. The van der Waals surface area contributed by atoms with Crippen molar-refractivity contribution in [3.05, 3.63) is 35.1 Å². The first kappa shape index (κ1) is 13.4. The molecular weight excluding hydrogens is 270 g/mol. The fourth-order valence-corrected chi connectivity index (χ4v) is 2.23. The Morgan fingerprint density at radius 2 is 2.17 bits per heavy atom. The summed E-state index contributed by atoms with van der Waals surface area (Å²) in [5.41, 5.74) is -0.102. The van der Waals surface area contributed by atoms with Crippen LogP contribution in [0.4, 0.5) is 0 Å². The van der Waals surface area contributed by atoms with Gasteiger partial charge in [0.1, 0.15) is 5.03 Å². The fourth-order valence-electron chi connectivity index (χ4n) is 1.23. The Morgan fingerprint density at radius 3 is 2.78 bits per heavy atom. The van der Waals surface area contributed by atoms with Crippen molar-refractivity contribution in [2.45, 2.75) is 37.0 Å². The lowest BCUT2D eigenvalue weighted by Gasteiger charge is -2.10. The van der Waals surface area contributed by atoms with Gasteiger partial charge in [-0.1, -0.05) is 49.3 Å². The van der Waals surface area contributed by atoms with E-state index in [-0.39, 0.29) is 5.41 Å². The minimum atomic E-state index is -0.102. The van der Waals surface area contributed by atoms with Crippen LogP contribution in [0.3, 0.4) is 0 Å². The summed E-state index contributed by atoms with van der Waals surface area (Å²) in [6, 6.07) is 3.61. The van der Waals surface area contributed by atoms with E-state index in [9.17, 15) is 0 Å². The number of nitrogens with zero attached hydrogens (tertiary/aromatic N) is 3. The van der Waals surface area contributed by atoms with Crippen LogP contribution in [0, 0.1) is 0 Å². The van der Waals surface area contributed by atoms with Gasteiger partial charge in [-0.3, -0.25) is 0 Å². The molecule has 0 aliphatic carbocycles. The molecule has 0 N–H and O–H groups in total. The fraction of sp³-hybridized carbons (Fsp3) is 0.417. The predicted molar refractivity (Wildman–Crippen MR) is 71.8 cm³/mol. The molecular formula is C12H14ClN3OS. The van der Waals surface area contributed by atoms with Crippen molar-refractivity contribution < 1.29 is 4.52 Å². The molecule has 6 heteroatoms. The van der Waals surface area contributed by atoms with Gasteiger partial charge in [0, 0.05) is 11.6 Å². The van der Waals surface area contributed by atoms with Crippen molar-refractivity contribution in [2.24, 2.45) is 0 Å². The normalized spacial score (nSPS) is 11.8. The summed E-state index contributed by atoms with van der Waals surface area (Å²) in [4.78, 5) is 8.55. The van der Waals surface area contributed by atoms with E-state index in [0.29, 0.717) is 22.5 Å². The van der Waals surface area contributed by atoms with Crippen molar-refractivity contribution in [1.82, 2.24) is 15.1 Å². The lowest BCUT2D eigenvalue weighted by Crippen LogP contribution is -2.13. The molecule has 96 valence electrons. The van der Waals surface area contributed by atoms with E-state index < -0.39 is 0 Å². The average Bonchev–Trinajstić information content (AvgIpc) is 2.76. The van der Waals surface area contributed by atoms with E-state index in [1.54, 1.807) is 12.3 Å². The number of pyridine rings is 1. The maximum Gasteiger partial charge on any atom is 0.237 e. The Bertz CT molecular complexity index is 536. The van der Waals surface area contributed by atoms with Gasteiger partial charge in [-0.15, -0.1) is 0 Å². The monoisotopic (exact) mass is 283 g/mol. The largest absolute Gasteiger partial charge is 0.338 e. The number of hydrogen-bond donors (Lipinski definition) is 0. The highest BCUT2D eigenvalue weighted by atomic mass is 35.5. The molecule has 0 atom stereocenters. The summed E-state index contributed by atoms with van der Waals surface area (Å²) in [7, 11) is 0. The summed E-state index contributed by atoms with van der Waals surface area (Å²) in [6.07, 6.45) is 1.71. The molecule has 4 nitrogen and oxygen atoms in total. The number of aromatic nitrogens is 3. The summed E-state index contributed by atoms with van der Waals surface area (Å²) >= 11 is 7.50. The summed E-state index contributed by atoms with van der Waals surface area (Å²) in [5, 5.41) is 5.38. The third-order valence-electron chi connectivity index (χ3n) is 2.20. The second kappa shape index (κ2) is 5.28. The molecule has 0 saturated heterocycles. The summed E-state index contributed by atoms with van der Waals surface area (Å²) in [5.74, 6) is 1.87. The molecule has 18 heavy (non-hydrogen) atoms. The first-order valence-corrected chi connectivity index (χ1v) is 6.89. The molecule has 0 amide bonds. The molecule has 2 rings (SSSR count). The van der Waals surface area contributed by atoms with Crippen molar-refractivity contribution >= 4 is 23.4 Å². The van der Waals surface area contributed by atoms with Crippen LogP contribution in [0.2, 0.25) is 5.02 Å². The number of thioether (sulfide) groups is 1.